The molecule has 12 heteroatoms. The summed E-state index contributed by atoms with van der Waals surface area (Å²) < 4.78 is 9.75. The van der Waals surface area contributed by atoms with Crippen molar-refractivity contribution >= 4 is 41.5 Å². The van der Waals surface area contributed by atoms with Gasteiger partial charge in [-0.25, -0.2) is 4.79 Å². The maximum atomic E-state index is 14.8. The molecule has 1 aliphatic carbocycles. The molecule has 1 aliphatic rings. The molecule has 7 rings (SSSR count). The number of ether oxygens (including phenoxy) is 2. The highest BCUT2D eigenvalue weighted by Gasteiger charge is 2.40. The quantitative estimate of drug-likeness (QED) is 0.0476. The van der Waals surface area contributed by atoms with Gasteiger partial charge in [-0.05, 0) is 50.4 Å². The lowest BCUT2D eigenvalue weighted by molar-refractivity contribution is -0.141. The number of fused-ring (bicyclic) bond motifs is 3. The molecule has 0 heterocycles. The number of benzene rings is 6. The van der Waals surface area contributed by atoms with Crippen LogP contribution in [0, 0.1) is 5.92 Å². The number of nitrogens with one attached hydrogen (secondary N) is 4. The number of carbonyl (C=O) groups is 5. The summed E-state index contributed by atoms with van der Waals surface area (Å²) in [5.74, 6) is -3.09. The number of thioether (sulfide) groups is 1. The van der Waals surface area contributed by atoms with Crippen LogP contribution in [-0.4, -0.2) is 73.9 Å². The van der Waals surface area contributed by atoms with Gasteiger partial charge in [-0.1, -0.05) is 184 Å². The van der Waals surface area contributed by atoms with E-state index in [4.69, 9.17) is 9.47 Å². The third-order valence-electron chi connectivity index (χ3n) is 11.8. The Morgan fingerprint density at radius 1 is 0.576 bits per heavy atom. The number of hydrogen-bond donors (Lipinski definition) is 4. The molecule has 338 valence electrons. The molecular formula is C54H54N4O7S. The fourth-order valence-corrected chi connectivity index (χ4v) is 9.96. The highest BCUT2D eigenvalue weighted by molar-refractivity contribution is 8.00. The second-order valence-electron chi connectivity index (χ2n) is 16.4. The van der Waals surface area contributed by atoms with E-state index in [1.807, 2.05) is 158 Å². The second kappa shape index (κ2) is 22.1. The van der Waals surface area contributed by atoms with E-state index in [0.717, 1.165) is 44.5 Å². The smallest absolute Gasteiger partial charge is 0.407 e. The van der Waals surface area contributed by atoms with Crippen molar-refractivity contribution in [3.05, 3.63) is 203 Å². The van der Waals surface area contributed by atoms with Gasteiger partial charge in [0.25, 0.3) is 0 Å². The molecule has 0 aliphatic heterocycles. The Morgan fingerprint density at radius 3 is 1.55 bits per heavy atom. The Hall–Kier alpha value is -7.18. The van der Waals surface area contributed by atoms with Crippen LogP contribution in [0.5, 0.6) is 0 Å². The summed E-state index contributed by atoms with van der Waals surface area (Å²) in [6.45, 7) is 3.19. The summed E-state index contributed by atoms with van der Waals surface area (Å²) >= 11 is 1.46. The van der Waals surface area contributed by atoms with Gasteiger partial charge in [-0.15, -0.1) is 11.8 Å². The first-order valence-corrected chi connectivity index (χ1v) is 23.0. The van der Waals surface area contributed by atoms with Crippen molar-refractivity contribution < 1.29 is 33.4 Å². The summed E-state index contributed by atoms with van der Waals surface area (Å²) in [7, 11) is 1.22. The molecule has 3 atom stereocenters. The van der Waals surface area contributed by atoms with Gasteiger partial charge in [-0.3, -0.25) is 19.2 Å². The predicted molar refractivity (Wildman–Crippen MR) is 258 cm³/mol. The van der Waals surface area contributed by atoms with Gasteiger partial charge < -0.3 is 30.7 Å². The van der Waals surface area contributed by atoms with E-state index in [1.54, 1.807) is 13.8 Å². The van der Waals surface area contributed by atoms with Crippen LogP contribution in [-0.2, 0) is 39.8 Å². The Bertz CT molecular complexity index is 2450. The number of amides is 4. The normalized spacial score (nSPS) is 13.3. The summed E-state index contributed by atoms with van der Waals surface area (Å²) in [4.78, 5) is 68.8. The second-order valence-corrected chi connectivity index (χ2v) is 17.6. The molecule has 0 radical (unpaired) electrons. The van der Waals surface area contributed by atoms with E-state index in [1.165, 1.54) is 18.9 Å². The van der Waals surface area contributed by atoms with Gasteiger partial charge in [0.1, 0.15) is 31.3 Å². The number of carbonyl (C=O) groups excluding carboxylic acids is 5. The van der Waals surface area contributed by atoms with Gasteiger partial charge in [-0.2, -0.15) is 0 Å². The van der Waals surface area contributed by atoms with Gasteiger partial charge >= 0.3 is 12.1 Å². The van der Waals surface area contributed by atoms with Crippen LogP contribution in [0.15, 0.2) is 170 Å². The molecule has 0 aromatic heterocycles. The van der Waals surface area contributed by atoms with Crippen LogP contribution >= 0.6 is 11.8 Å². The first kappa shape index (κ1) is 46.8. The van der Waals surface area contributed by atoms with Crippen molar-refractivity contribution in [2.45, 2.75) is 49.1 Å². The van der Waals surface area contributed by atoms with Crippen LogP contribution in [0.1, 0.15) is 53.1 Å². The minimum atomic E-state index is -1.24. The topological polar surface area (TPSA) is 152 Å². The highest BCUT2D eigenvalue weighted by Crippen LogP contribution is 2.49. The largest absolute Gasteiger partial charge is 0.468 e. The van der Waals surface area contributed by atoms with Crippen molar-refractivity contribution in [1.29, 1.82) is 0 Å². The SMILES string of the molecule is COC(=O)CNC(=O)[C@H](NC(=O)[C@@H](CSC(c1ccccc1)(c1ccccc1)c1ccccc1)NC(=O)[C@@H](Cc1ccccc1)NC(=O)OCC1c2ccccc2-c2ccccc21)C(C)C. The molecule has 4 amide bonds. The molecule has 11 nitrogen and oxygen atoms in total. The van der Waals surface area contributed by atoms with Crippen LogP contribution in [0.3, 0.4) is 0 Å². The molecule has 4 N–H and O–H groups in total. The standard InChI is InChI=1S/C54H54N4O7S/c1-36(2)49(52(62)55-33-48(59)64-3)58-51(61)47(35-66-54(38-22-10-5-11-23-38,39-24-12-6-13-25-39)40-26-14-7-15-27-40)56-50(60)46(32-37-20-8-4-9-21-37)57-53(63)65-34-45-43-30-18-16-28-41(43)42-29-17-19-31-44(42)45/h4-31,36,45-47,49H,32-35H2,1-3H3,(H,55,62)(H,56,60)(H,57,63)(H,58,61)/t46-,47-,49-/m1/s1. The molecule has 6 aromatic rings. The maximum absolute atomic E-state index is 14.8. The molecule has 0 fully saturated rings. The van der Waals surface area contributed by atoms with E-state index >= 15 is 0 Å². The molecule has 0 unspecified atom stereocenters. The molecule has 0 spiro atoms. The van der Waals surface area contributed by atoms with Crippen molar-refractivity contribution in [3.63, 3.8) is 0 Å². The summed E-state index contributed by atoms with van der Waals surface area (Å²) in [6.07, 6.45) is -0.702. The monoisotopic (exact) mass is 902 g/mol. The number of alkyl carbamates (subject to hydrolysis) is 1. The predicted octanol–water partition coefficient (Wildman–Crippen LogP) is 7.78. The minimum Gasteiger partial charge on any atom is -0.468 e. The van der Waals surface area contributed by atoms with Gasteiger partial charge in [0.05, 0.1) is 11.9 Å². The van der Waals surface area contributed by atoms with Crippen LogP contribution in [0.2, 0.25) is 0 Å². The highest BCUT2D eigenvalue weighted by atomic mass is 32.2. The molecule has 66 heavy (non-hydrogen) atoms. The number of hydrogen-bond acceptors (Lipinski definition) is 8. The number of methoxy groups -OCH3 is 1. The molecule has 6 aromatic carbocycles. The molecule has 0 saturated heterocycles. The first-order valence-electron chi connectivity index (χ1n) is 22.0. The van der Waals surface area contributed by atoms with Crippen molar-refractivity contribution in [1.82, 2.24) is 21.3 Å². The lowest BCUT2D eigenvalue weighted by atomic mass is 9.84. The first-order chi connectivity index (χ1) is 32.1. The van der Waals surface area contributed by atoms with Gasteiger partial charge in [0, 0.05) is 18.1 Å². The molecular weight excluding hydrogens is 849 g/mol. The van der Waals surface area contributed by atoms with E-state index in [2.05, 4.69) is 33.4 Å². The Balaban J connectivity index is 1.20. The van der Waals surface area contributed by atoms with Crippen LogP contribution in [0.25, 0.3) is 11.1 Å². The zero-order chi connectivity index (χ0) is 46.5. The Morgan fingerprint density at radius 2 is 1.05 bits per heavy atom. The lowest BCUT2D eigenvalue weighted by Crippen LogP contribution is -2.59. The van der Waals surface area contributed by atoms with E-state index < -0.39 is 58.6 Å². The van der Waals surface area contributed by atoms with Crippen LogP contribution in [0.4, 0.5) is 4.79 Å². The van der Waals surface area contributed by atoms with Gasteiger partial charge in [0.2, 0.25) is 17.7 Å². The van der Waals surface area contributed by atoms with Crippen LogP contribution < -0.4 is 21.3 Å². The average Bonchev–Trinajstić information content (AvgIpc) is 3.68. The third-order valence-corrected chi connectivity index (χ3v) is 13.4. The van der Waals surface area contributed by atoms with Crippen molar-refractivity contribution in [2.24, 2.45) is 5.92 Å². The number of rotatable bonds is 19. The zero-order valence-corrected chi connectivity index (χ0v) is 38.0. The summed E-state index contributed by atoms with van der Waals surface area (Å²) in [5.41, 5.74) is 7.87. The summed E-state index contributed by atoms with van der Waals surface area (Å²) in [5, 5.41) is 11.2. The summed E-state index contributed by atoms with van der Waals surface area (Å²) in [6, 6.07) is 51.7. The van der Waals surface area contributed by atoms with E-state index in [0.29, 0.717) is 0 Å². The third kappa shape index (κ3) is 11.0. The molecule has 0 bridgehead atoms. The Labute approximate surface area is 390 Å². The average molecular weight is 903 g/mol. The fraction of sp³-hybridized carbons (Fsp3) is 0.241. The van der Waals surface area contributed by atoms with Crippen molar-refractivity contribution in [3.8, 4) is 11.1 Å². The molecule has 0 saturated carbocycles. The Kier molecular flexibility index (Phi) is 15.7. The van der Waals surface area contributed by atoms with Gasteiger partial charge in [0.15, 0.2) is 0 Å². The van der Waals surface area contributed by atoms with Crippen molar-refractivity contribution in [2.75, 3.05) is 26.0 Å². The fourth-order valence-electron chi connectivity index (χ4n) is 8.40. The van der Waals surface area contributed by atoms with E-state index in [-0.39, 0.29) is 31.2 Å². The maximum Gasteiger partial charge on any atom is 0.407 e. The zero-order valence-electron chi connectivity index (χ0n) is 37.1. The number of esters is 1. The minimum absolute atomic E-state index is 0.0217. The van der Waals surface area contributed by atoms with E-state index in [9.17, 15) is 24.0 Å². The lowest BCUT2D eigenvalue weighted by Gasteiger charge is -2.37.